The summed E-state index contributed by atoms with van der Waals surface area (Å²) in [5.74, 6) is -0.887. The Balaban J connectivity index is 2.01. The molecule has 0 bridgehead atoms. The van der Waals surface area contributed by atoms with Gasteiger partial charge in [0.15, 0.2) is 0 Å². The van der Waals surface area contributed by atoms with Crippen molar-refractivity contribution in [2.75, 3.05) is 0 Å². The van der Waals surface area contributed by atoms with Gasteiger partial charge < -0.3 is 5.11 Å². The minimum Gasteiger partial charge on any atom is -0.508 e. The molecular formula is C19H18F4O. The standard InChI is InChI=1S/C19H18F4O/c20-17-8-6-14(11-16(17)19(21,22)23)13-7-9-18(24)15(10-13)12-4-2-1-3-5-12/h6-12,24H,1-5H2. The number of hydrogen-bond acceptors (Lipinski definition) is 1. The summed E-state index contributed by atoms with van der Waals surface area (Å²) in [4.78, 5) is 0. The van der Waals surface area contributed by atoms with Crippen LogP contribution in [-0.4, -0.2) is 5.11 Å². The molecule has 0 saturated heterocycles. The van der Waals surface area contributed by atoms with Gasteiger partial charge in [0.1, 0.15) is 11.6 Å². The summed E-state index contributed by atoms with van der Waals surface area (Å²) in [6.07, 6.45) is 0.543. The molecule has 1 aliphatic carbocycles. The number of benzene rings is 2. The fraction of sp³-hybridized carbons (Fsp3) is 0.368. The Kier molecular flexibility index (Phi) is 4.52. The van der Waals surface area contributed by atoms with Crippen molar-refractivity contribution in [3.63, 3.8) is 0 Å². The molecular weight excluding hydrogens is 320 g/mol. The third-order valence-electron chi connectivity index (χ3n) is 4.68. The summed E-state index contributed by atoms with van der Waals surface area (Å²) in [6, 6.07) is 7.81. The van der Waals surface area contributed by atoms with E-state index >= 15 is 0 Å². The molecule has 24 heavy (non-hydrogen) atoms. The quantitative estimate of drug-likeness (QED) is 0.640. The molecule has 1 fully saturated rings. The van der Waals surface area contributed by atoms with Gasteiger partial charge in [0.25, 0.3) is 0 Å². The molecule has 2 aromatic rings. The van der Waals surface area contributed by atoms with Crippen molar-refractivity contribution >= 4 is 0 Å². The predicted molar refractivity (Wildman–Crippen MR) is 84.3 cm³/mol. The van der Waals surface area contributed by atoms with E-state index in [1.807, 2.05) is 0 Å². The highest BCUT2D eigenvalue weighted by Gasteiger charge is 2.34. The summed E-state index contributed by atoms with van der Waals surface area (Å²) >= 11 is 0. The van der Waals surface area contributed by atoms with Gasteiger partial charge >= 0.3 is 6.18 Å². The van der Waals surface area contributed by atoms with Crippen molar-refractivity contribution in [3.05, 3.63) is 53.3 Å². The zero-order valence-electron chi connectivity index (χ0n) is 13.0. The predicted octanol–water partition coefficient (Wildman–Crippen LogP) is 6.26. The molecule has 0 radical (unpaired) electrons. The van der Waals surface area contributed by atoms with E-state index in [4.69, 9.17) is 0 Å². The minimum absolute atomic E-state index is 0.170. The molecule has 2 aromatic carbocycles. The number of halogens is 4. The van der Waals surface area contributed by atoms with Gasteiger partial charge in [0.05, 0.1) is 5.56 Å². The van der Waals surface area contributed by atoms with Crippen molar-refractivity contribution in [2.45, 2.75) is 44.2 Å². The Morgan fingerprint density at radius 2 is 1.50 bits per heavy atom. The van der Waals surface area contributed by atoms with Gasteiger partial charge in [-0.1, -0.05) is 31.4 Å². The summed E-state index contributed by atoms with van der Waals surface area (Å²) in [5, 5.41) is 10.1. The van der Waals surface area contributed by atoms with E-state index in [0.29, 0.717) is 11.1 Å². The number of rotatable bonds is 2. The van der Waals surface area contributed by atoms with E-state index in [2.05, 4.69) is 0 Å². The topological polar surface area (TPSA) is 20.2 Å². The van der Waals surface area contributed by atoms with Crippen molar-refractivity contribution in [2.24, 2.45) is 0 Å². The number of aromatic hydroxyl groups is 1. The first kappa shape index (κ1) is 16.8. The maximum absolute atomic E-state index is 13.5. The molecule has 1 aliphatic rings. The maximum atomic E-state index is 13.5. The lowest BCUT2D eigenvalue weighted by molar-refractivity contribution is -0.139. The Bertz CT molecular complexity index is 731. The lowest BCUT2D eigenvalue weighted by Crippen LogP contribution is -2.08. The zero-order chi connectivity index (χ0) is 17.3. The number of hydrogen-bond donors (Lipinski definition) is 1. The summed E-state index contributed by atoms with van der Waals surface area (Å²) in [5.41, 5.74) is 0.344. The molecule has 3 rings (SSSR count). The fourth-order valence-electron chi connectivity index (χ4n) is 3.40. The van der Waals surface area contributed by atoms with Gasteiger partial charge in [-0.15, -0.1) is 0 Å². The lowest BCUT2D eigenvalue weighted by atomic mass is 9.82. The van der Waals surface area contributed by atoms with Crippen molar-refractivity contribution < 1.29 is 22.7 Å². The second-order valence-corrected chi connectivity index (χ2v) is 6.30. The third kappa shape index (κ3) is 3.40. The van der Waals surface area contributed by atoms with Crippen molar-refractivity contribution in [1.29, 1.82) is 0 Å². The number of phenolic OH excluding ortho intramolecular Hbond substituents is 1. The van der Waals surface area contributed by atoms with Crippen LogP contribution in [0, 0.1) is 5.82 Å². The first-order valence-corrected chi connectivity index (χ1v) is 8.06. The van der Waals surface area contributed by atoms with E-state index in [1.165, 1.54) is 18.6 Å². The second kappa shape index (κ2) is 6.46. The average Bonchev–Trinajstić information content (AvgIpc) is 2.55. The molecule has 0 aliphatic heterocycles. The van der Waals surface area contributed by atoms with Crippen LogP contribution in [0.25, 0.3) is 11.1 Å². The van der Waals surface area contributed by atoms with E-state index < -0.39 is 17.6 Å². The van der Waals surface area contributed by atoms with Crippen LogP contribution in [0.4, 0.5) is 17.6 Å². The molecule has 1 nitrogen and oxygen atoms in total. The van der Waals surface area contributed by atoms with Gasteiger partial charge in [-0.05, 0) is 59.7 Å². The van der Waals surface area contributed by atoms with Gasteiger partial charge in [-0.2, -0.15) is 13.2 Å². The van der Waals surface area contributed by atoms with Crippen LogP contribution < -0.4 is 0 Å². The molecule has 0 amide bonds. The normalized spacial score (nSPS) is 16.3. The van der Waals surface area contributed by atoms with E-state index in [0.717, 1.165) is 43.4 Å². The van der Waals surface area contributed by atoms with Gasteiger partial charge in [0, 0.05) is 0 Å². The highest BCUT2D eigenvalue weighted by atomic mass is 19.4. The number of phenols is 1. The summed E-state index contributed by atoms with van der Waals surface area (Å²) < 4.78 is 52.2. The summed E-state index contributed by atoms with van der Waals surface area (Å²) in [6.45, 7) is 0. The maximum Gasteiger partial charge on any atom is 0.419 e. The molecule has 0 unspecified atom stereocenters. The van der Waals surface area contributed by atoms with Crippen LogP contribution in [0.3, 0.4) is 0 Å². The smallest absolute Gasteiger partial charge is 0.419 e. The average molecular weight is 338 g/mol. The highest BCUT2D eigenvalue weighted by molar-refractivity contribution is 5.67. The summed E-state index contributed by atoms with van der Waals surface area (Å²) in [7, 11) is 0. The van der Waals surface area contributed by atoms with Crippen LogP contribution in [0.2, 0.25) is 0 Å². The Morgan fingerprint density at radius 3 is 2.17 bits per heavy atom. The van der Waals surface area contributed by atoms with Crippen LogP contribution >= 0.6 is 0 Å². The Morgan fingerprint density at radius 1 is 0.875 bits per heavy atom. The Labute approximate surface area is 137 Å². The minimum atomic E-state index is -4.73. The molecule has 1 N–H and O–H groups in total. The van der Waals surface area contributed by atoms with Crippen molar-refractivity contribution in [1.82, 2.24) is 0 Å². The third-order valence-corrected chi connectivity index (χ3v) is 4.68. The van der Waals surface area contributed by atoms with Crippen LogP contribution in [0.15, 0.2) is 36.4 Å². The van der Waals surface area contributed by atoms with Gasteiger partial charge in [-0.25, -0.2) is 4.39 Å². The van der Waals surface area contributed by atoms with Crippen LogP contribution in [-0.2, 0) is 6.18 Å². The Hall–Kier alpha value is -2.04. The molecule has 0 aromatic heterocycles. The van der Waals surface area contributed by atoms with E-state index in [9.17, 15) is 22.7 Å². The fourth-order valence-corrected chi connectivity index (χ4v) is 3.40. The molecule has 1 saturated carbocycles. The van der Waals surface area contributed by atoms with Gasteiger partial charge in [-0.3, -0.25) is 0 Å². The van der Waals surface area contributed by atoms with E-state index in [-0.39, 0.29) is 11.7 Å². The van der Waals surface area contributed by atoms with E-state index in [1.54, 1.807) is 12.1 Å². The molecule has 5 heteroatoms. The molecule has 0 heterocycles. The second-order valence-electron chi connectivity index (χ2n) is 6.30. The molecule has 128 valence electrons. The van der Waals surface area contributed by atoms with Crippen molar-refractivity contribution in [3.8, 4) is 16.9 Å². The van der Waals surface area contributed by atoms with Gasteiger partial charge in [0.2, 0.25) is 0 Å². The first-order chi connectivity index (χ1) is 11.4. The first-order valence-electron chi connectivity index (χ1n) is 8.06. The highest BCUT2D eigenvalue weighted by Crippen LogP contribution is 2.40. The SMILES string of the molecule is Oc1ccc(-c2ccc(F)c(C(F)(F)F)c2)cc1C1CCCCC1. The van der Waals surface area contributed by atoms with Crippen LogP contribution in [0.1, 0.15) is 49.1 Å². The largest absolute Gasteiger partial charge is 0.508 e. The zero-order valence-corrected chi connectivity index (χ0v) is 13.0. The lowest BCUT2D eigenvalue weighted by Gasteiger charge is -2.23. The number of alkyl halides is 3. The monoisotopic (exact) mass is 338 g/mol. The van der Waals surface area contributed by atoms with Crippen LogP contribution in [0.5, 0.6) is 5.75 Å². The molecule has 0 atom stereocenters. The molecule has 0 spiro atoms.